The van der Waals surface area contributed by atoms with Crippen molar-refractivity contribution in [2.75, 3.05) is 13.1 Å². The maximum atomic E-state index is 10.8. The van der Waals surface area contributed by atoms with Crippen molar-refractivity contribution in [3.8, 4) is 0 Å². The van der Waals surface area contributed by atoms with E-state index in [-0.39, 0.29) is 18.8 Å². The summed E-state index contributed by atoms with van der Waals surface area (Å²) >= 11 is 0. The lowest BCUT2D eigenvalue weighted by Crippen LogP contribution is -2.34. The second kappa shape index (κ2) is 6.60. The van der Waals surface area contributed by atoms with E-state index >= 15 is 0 Å². The number of hydrogen-bond donors (Lipinski definition) is 3. The fourth-order valence-electron chi connectivity index (χ4n) is 1.85. The van der Waals surface area contributed by atoms with Crippen molar-refractivity contribution in [1.82, 2.24) is 15.1 Å². The summed E-state index contributed by atoms with van der Waals surface area (Å²) in [6.45, 7) is 5.66. The summed E-state index contributed by atoms with van der Waals surface area (Å²) < 4.78 is 1.43. The first-order chi connectivity index (χ1) is 8.82. The van der Waals surface area contributed by atoms with Crippen LogP contribution in [0.3, 0.4) is 0 Å². The maximum Gasteiger partial charge on any atom is 0.312 e. The molecule has 1 aromatic rings. The van der Waals surface area contributed by atoms with E-state index in [1.807, 2.05) is 0 Å². The van der Waals surface area contributed by atoms with Crippen molar-refractivity contribution >= 4 is 5.69 Å². The smallest absolute Gasteiger partial charge is 0.312 e. The Balaban J connectivity index is 2.62. The third-order valence-corrected chi connectivity index (χ3v) is 2.73. The molecule has 0 aliphatic carbocycles. The molecule has 8 nitrogen and oxygen atoms in total. The second-order valence-electron chi connectivity index (χ2n) is 4.62. The van der Waals surface area contributed by atoms with Crippen molar-refractivity contribution in [3.05, 3.63) is 21.5 Å². The Hall–Kier alpha value is -1.51. The third-order valence-electron chi connectivity index (χ3n) is 2.73. The first-order valence-corrected chi connectivity index (χ1v) is 6.08. The van der Waals surface area contributed by atoms with Crippen molar-refractivity contribution in [2.45, 2.75) is 39.5 Å². The molecule has 3 N–H and O–H groups in total. The van der Waals surface area contributed by atoms with E-state index in [0.717, 1.165) is 0 Å². The number of nitrogens with one attached hydrogen (secondary N) is 1. The fraction of sp³-hybridized carbons (Fsp3) is 0.727. The van der Waals surface area contributed by atoms with E-state index in [1.54, 1.807) is 20.8 Å². The number of aliphatic hydroxyl groups excluding tert-OH is 2. The zero-order valence-corrected chi connectivity index (χ0v) is 11.3. The van der Waals surface area contributed by atoms with E-state index in [1.165, 1.54) is 4.68 Å². The lowest BCUT2D eigenvalue weighted by atomic mass is 10.3. The molecular weight excluding hydrogens is 252 g/mol. The van der Waals surface area contributed by atoms with Crippen molar-refractivity contribution in [1.29, 1.82) is 0 Å². The van der Waals surface area contributed by atoms with E-state index in [2.05, 4.69) is 10.4 Å². The first-order valence-electron chi connectivity index (χ1n) is 6.08. The predicted molar refractivity (Wildman–Crippen MR) is 68.9 cm³/mol. The van der Waals surface area contributed by atoms with Crippen LogP contribution in [0.1, 0.15) is 18.3 Å². The molecule has 1 aromatic heterocycles. The molecule has 0 aliphatic rings. The summed E-state index contributed by atoms with van der Waals surface area (Å²) in [5, 5.41) is 36.7. The molecule has 0 saturated carbocycles. The molecule has 0 aromatic carbocycles. The van der Waals surface area contributed by atoms with Crippen LogP contribution in [0.2, 0.25) is 0 Å². The van der Waals surface area contributed by atoms with Gasteiger partial charge in [-0.1, -0.05) is 0 Å². The molecule has 1 rings (SSSR count). The topological polar surface area (TPSA) is 113 Å². The second-order valence-corrected chi connectivity index (χ2v) is 4.62. The van der Waals surface area contributed by atoms with Gasteiger partial charge in [-0.2, -0.15) is 5.10 Å². The Morgan fingerprint density at radius 2 is 2.05 bits per heavy atom. The summed E-state index contributed by atoms with van der Waals surface area (Å²) in [6.07, 6.45) is -1.21. The Morgan fingerprint density at radius 1 is 1.42 bits per heavy atom. The van der Waals surface area contributed by atoms with Crippen LogP contribution in [0.15, 0.2) is 0 Å². The summed E-state index contributed by atoms with van der Waals surface area (Å²) in [5.41, 5.74) is 0.757. The van der Waals surface area contributed by atoms with Crippen LogP contribution in [0.5, 0.6) is 0 Å². The molecule has 2 unspecified atom stereocenters. The highest BCUT2D eigenvalue weighted by molar-refractivity contribution is 5.39. The average Bonchev–Trinajstić information content (AvgIpc) is 2.53. The van der Waals surface area contributed by atoms with Gasteiger partial charge in [-0.25, -0.2) is 0 Å². The standard InChI is InChI=1S/C11H20N4O4/c1-7(16)4-12-5-10(17)6-14-9(3)11(15(18)19)8(2)13-14/h7,10,12,16-17H,4-6H2,1-3H3. The molecule has 0 amide bonds. The summed E-state index contributed by atoms with van der Waals surface area (Å²) in [4.78, 5) is 10.4. The molecule has 8 heteroatoms. The molecule has 0 aliphatic heterocycles. The van der Waals surface area contributed by atoms with Gasteiger partial charge in [-0.15, -0.1) is 0 Å². The van der Waals surface area contributed by atoms with Gasteiger partial charge in [0.25, 0.3) is 0 Å². The summed E-state index contributed by atoms with van der Waals surface area (Å²) in [5.74, 6) is 0. The Morgan fingerprint density at radius 3 is 2.53 bits per heavy atom. The number of aromatic nitrogens is 2. The minimum Gasteiger partial charge on any atom is -0.392 e. The maximum absolute atomic E-state index is 10.8. The Kier molecular flexibility index (Phi) is 5.40. The molecule has 0 radical (unpaired) electrons. The van der Waals surface area contributed by atoms with E-state index in [4.69, 9.17) is 5.11 Å². The fourth-order valence-corrected chi connectivity index (χ4v) is 1.85. The Labute approximate surface area is 111 Å². The van der Waals surface area contributed by atoms with Crippen LogP contribution >= 0.6 is 0 Å². The van der Waals surface area contributed by atoms with Gasteiger partial charge in [0, 0.05) is 13.1 Å². The lowest BCUT2D eigenvalue weighted by molar-refractivity contribution is -0.386. The molecule has 2 atom stereocenters. The van der Waals surface area contributed by atoms with Crippen LogP contribution in [0.25, 0.3) is 0 Å². The molecule has 1 heterocycles. The molecule has 0 bridgehead atoms. The number of nitro groups is 1. The number of aryl methyl sites for hydroxylation is 1. The monoisotopic (exact) mass is 272 g/mol. The summed E-state index contributed by atoms with van der Waals surface area (Å²) in [6, 6.07) is 0. The Bertz CT molecular complexity index is 444. The van der Waals surface area contributed by atoms with Crippen LogP contribution in [0.4, 0.5) is 5.69 Å². The number of nitrogens with zero attached hydrogens (tertiary/aromatic N) is 3. The van der Waals surface area contributed by atoms with Gasteiger partial charge in [-0.3, -0.25) is 14.8 Å². The quantitative estimate of drug-likeness (QED) is 0.465. The highest BCUT2D eigenvalue weighted by Crippen LogP contribution is 2.21. The molecular formula is C11H20N4O4. The third kappa shape index (κ3) is 4.27. The first kappa shape index (κ1) is 15.5. The molecule has 0 spiro atoms. The highest BCUT2D eigenvalue weighted by Gasteiger charge is 2.22. The molecule has 19 heavy (non-hydrogen) atoms. The normalized spacial score (nSPS) is 14.4. The van der Waals surface area contributed by atoms with Crippen LogP contribution in [-0.4, -0.2) is 50.2 Å². The van der Waals surface area contributed by atoms with E-state index in [0.29, 0.717) is 17.9 Å². The minimum absolute atomic E-state index is 0.0101. The number of hydrogen-bond acceptors (Lipinski definition) is 6. The van der Waals surface area contributed by atoms with Crippen LogP contribution in [0, 0.1) is 24.0 Å². The number of aliphatic hydroxyl groups is 2. The average molecular weight is 272 g/mol. The zero-order chi connectivity index (χ0) is 14.6. The zero-order valence-electron chi connectivity index (χ0n) is 11.3. The van der Waals surface area contributed by atoms with Gasteiger partial charge in [0.15, 0.2) is 0 Å². The number of rotatable bonds is 7. The van der Waals surface area contributed by atoms with Gasteiger partial charge in [-0.05, 0) is 20.8 Å². The van der Waals surface area contributed by atoms with Gasteiger partial charge in [0.05, 0.1) is 23.7 Å². The van der Waals surface area contributed by atoms with Gasteiger partial charge in [0.1, 0.15) is 11.4 Å². The van der Waals surface area contributed by atoms with Crippen molar-refractivity contribution < 1.29 is 15.1 Å². The largest absolute Gasteiger partial charge is 0.392 e. The van der Waals surface area contributed by atoms with Crippen molar-refractivity contribution in [3.63, 3.8) is 0 Å². The molecule has 108 valence electrons. The highest BCUT2D eigenvalue weighted by atomic mass is 16.6. The minimum atomic E-state index is -0.726. The predicted octanol–water partition coefficient (Wildman–Crippen LogP) is -0.261. The van der Waals surface area contributed by atoms with E-state index < -0.39 is 17.1 Å². The molecule has 0 fully saturated rings. The van der Waals surface area contributed by atoms with Gasteiger partial charge >= 0.3 is 5.69 Å². The van der Waals surface area contributed by atoms with Crippen molar-refractivity contribution in [2.24, 2.45) is 0 Å². The summed E-state index contributed by atoms with van der Waals surface area (Å²) in [7, 11) is 0. The molecule has 0 saturated heterocycles. The van der Waals surface area contributed by atoms with Gasteiger partial charge in [0.2, 0.25) is 0 Å². The lowest BCUT2D eigenvalue weighted by Gasteiger charge is -2.13. The van der Waals surface area contributed by atoms with Crippen LogP contribution < -0.4 is 5.32 Å². The SMILES string of the molecule is Cc1nn(CC(O)CNCC(C)O)c(C)c1[N+](=O)[O-]. The van der Waals surface area contributed by atoms with Gasteiger partial charge < -0.3 is 15.5 Å². The van der Waals surface area contributed by atoms with E-state index in [9.17, 15) is 15.2 Å². The van der Waals surface area contributed by atoms with Crippen LogP contribution in [-0.2, 0) is 6.54 Å².